The first-order valence-corrected chi connectivity index (χ1v) is 11.3. The Bertz CT molecular complexity index is 1120. The van der Waals surface area contributed by atoms with Crippen LogP contribution in [0.4, 0.5) is 0 Å². The van der Waals surface area contributed by atoms with Gasteiger partial charge in [-0.15, -0.1) is 0 Å². The van der Waals surface area contributed by atoms with E-state index in [4.69, 9.17) is 19.2 Å². The molecule has 0 saturated heterocycles. The van der Waals surface area contributed by atoms with Crippen LogP contribution in [0.3, 0.4) is 0 Å². The summed E-state index contributed by atoms with van der Waals surface area (Å²) in [6.07, 6.45) is 1.60. The first kappa shape index (κ1) is 22.6. The zero-order chi connectivity index (χ0) is 23.3. The monoisotopic (exact) mass is 501 g/mol. The predicted octanol–water partition coefficient (Wildman–Crippen LogP) is 4.90. The minimum atomic E-state index is -0.430. The highest BCUT2D eigenvalue weighted by Crippen LogP contribution is 2.48. The van der Waals surface area contributed by atoms with Crippen LogP contribution in [-0.2, 0) is 22.4 Å². The van der Waals surface area contributed by atoms with Gasteiger partial charge >= 0.3 is 5.97 Å². The van der Waals surface area contributed by atoms with Crippen molar-refractivity contribution in [3.63, 3.8) is 0 Å². The molecule has 2 aliphatic heterocycles. The summed E-state index contributed by atoms with van der Waals surface area (Å²) in [7, 11) is 3.02. The van der Waals surface area contributed by atoms with Crippen molar-refractivity contribution in [1.82, 2.24) is 0 Å². The SMILES string of the molecule is COC(=O)COc1ccc(C2=NC(C)(C)Cc3cc(OC)c4c(c32)CC(C)(C)O4)cc1Br. The Morgan fingerprint density at radius 3 is 2.53 bits per heavy atom. The summed E-state index contributed by atoms with van der Waals surface area (Å²) in [4.78, 5) is 16.6. The first-order chi connectivity index (χ1) is 15.0. The molecular weight excluding hydrogens is 474 g/mol. The van der Waals surface area contributed by atoms with E-state index in [1.807, 2.05) is 18.2 Å². The fraction of sp³-hybridized carbons (Fsp3) is 0.440. The van der Waals surface area contributed by atoms with E-state index >= 15 is 0 Å². The average molecular weight is 502 g/mol. The van der Waals surface area contributed by atoms with Crippen molar-refractivity contribution in [3.8, 4) is 17.2 Å². The molecule has 0 saturated carbocycles. The summed E-state index contributed by atoms with van der Waals surface area (Å²) in [6.45, 7) is 8.31. The summed E-state index contributed by atoms with van der Waals surface area (Å²) in [6, 6.07) is 7.89. The maximum absolute atomic E-state index is 11.4. The van der Waals surface area contributed by atoms with Crippen molar-refractivity contribution in [2.24, 2.45) is 4.99 Å². The van der Waals surface area contributed by atoms with Gasteiger partial charge in [-0.25, -0.2) is 4.79 Å². The highest BCUT2D eigenvalue weighted by atomic mass is 79.9. The van der Waals surface area contributed by atoms with E-state index in [0.717, 1.165) is 51.2 Å². The average Bonchev–Trinajstić information content (AvgIpc) is 3.05. The normalized spacial score (nSPS) is 17.5. The van der Waals surface area contributed by atoms with Gasteiger partial charge in [0.25, 0.3) is 0 Å². The Morgan fingerprint density at radius 1 is 1.12 bits per heavy atom. The van der Waals surface area contributed by atoms with E-state index in [-0.39, 0.29) is 17.7 Å². The molecule has 0 spiro atoms. The maximum atomic E-state index is 11.4. The quantitative estimate of drug-likeness (QED) is 0.545. The Hall–Kier alpha value is -2.54. The fourth-order valence-corrected chi connectivity index (χ4v) is 4.88. The van der Waals surface area contributed by atoms with E-state index < -0.39 is 5.97 Å². The minimum Gasteiger partial charge on any atom is -0.493 e. The Labute approximate surface area is 197 Å². The lowest BCUT2D eigenvalue weighted by molar-refractivity contribution is -0.142. The topological polar surface area (TPSA) is 66.4 Å². The van der Waals surface area contributed by atoms with Gasteiger partial charge < -0.3 is 18.9 Å². The van der Waals surface area contributed by atoms with E-state index in [2.05, 4.69) is 54.4 Å². The standard InChI is InChI=1S/C25H28BrNO5/c1-24(2)11-15-10-19(29-5)23-16(12-25(3,4)32-23)21(15)22(27-24)14-7-8-18(17(26)9-14)31-13-20(28)30-6/h7-10H,11-13H2,1-6H3. The number of fused-ring (bicyclic) bond motifs is 3. The molecule has 0 aromatic heterocycles. The first-order valence-electron chi connectivity index (χ1n) is 10.5. The number of benzene rings is 2. The van der Waals surface area contributed by atoms with Crippen LogP contribution in [0.1, 0.15) is 49.9 Å². The number of esters is 1. The minimum absolute atomic E-state index is 0.148. The van der Waals surface area contributed by atoms with Gasteiger partial charge in [-0.3, -0.25) is 4.99 Å². The van der Waals surface area contributed by atoms with Gasteiger partial charge in [-0.1, -0.05) is 0 Å². The number of nitrogens with zero attached hydrogens (tertiary/aromatic N) is 1. The van der Waals surface area contributed by atoms with Crippen molar-refractivity contribution in [3.05, 3.63) is 51.0 Å². The second-order valence-electron chi connectivity index (χ2n) is 9.42. The summed E-state index contributed by atoms with van der Waals surface area (Å²) in [5.74, 6) is 1.72. The molecule has 0 aliphatic carbocycles. The summed E-state index contributed by atoms with van der Waals surface area (Å²) >= 11 is 3.58. The number of carbonyl (C=O) groups is 1. The predicted molar refractivity (Wildman–Crippen MR) is 126 cm³/mol. The van der Waals surface area contributed by atoms with Crippen molar-refractivity contribution < 1.29 is 23.7 Å². The molecule has 7 heteroatoms. The van der Waals surface area contributed by atoms with Crippen LogP contribution in [0.2, 0.25) is 0 Å². The second kappa shape index (κ2) is 8.10. The largest absolute Gasteiger partial charge is 0.493 e. The smallest absolute Gasteiger partial charge is 0.343 e. The molecule has 0 bridgehead atoms. The van der Waals surface area contributed by atoms with Gasteiger partial charge in [0.2, 0.25) is 0 Å². The lowest BCUT2D eigenvalue weighted by Gasteiger charge is -2.31. The lowest BCUT2D eigenvalue weighted by Crippen LogP contribution is -2.30. The molecule has 0 amide bonds. The number of rotatable bonds is 5. The highest BCUT2D eigenvalue weighted by molar-refractivity contribution is 9.10. The number of methoxy groups -OCH3 is 2. The van der Waals surface area contributed by atoms with E-state index in [9.17, 15) is 4.79 Å². The molecule has 2 aromatic carbocycles. The zero-order valence-electron chi connectivity index (χ0n) is 19.3. The van der Waals surface area contributed by atoms with E-state index in [1.54, 1.807) is 7.11 Å². The molecule has 0 unspecified atom stereocenters. The molecular formula is C25H28BrNO5. The molecule has 6 nitrogen and oxygen atoms in total. The van der Waals surface area contributed by atoms with Gasteiger partial charge in [0, 0.05) is 23.1 Å². The van der Waals surface area contributed by atoms with Gasteiger partial charge in [0.15, 0.2) is 18.1 Å². The summed E-state index contributed by atoms with van der Waals surface area (Å²) < 4.78 is 22.9. The van der Waals surface area contributed by atoms with Gasteiger partial charge in [-0.2, -0.15) is 0 Å². The van der Waals surface area contributed by atoms with Gasteiger partial charge in [-0.05, 0) is 79.9 Å². The number of aliphatic imine (C=N–C) groups is 1. The third-order valence-electron chi connectivity index (χ3n) is 5.68. The summed E-state index contributed by atoms with van der Waals surface area (Å²) in [5.41, 5.74) is 4.80. The third-order valence-corrected chi connectivity index (χ3v) is 6.30. The Balaban J connectivity index is 1.81. The number of ether oxygens (including phenoxy) is 4. The maximum Gasteiger partial charge on any atom is 0.343 e. The number of carbonyl (C=O) groups excluding carboxylic acids is 1. The molecule has 2 aliphatic rings. The van der Waals surface area contributed by atoms with Gasteiger partial charge in [0.1, 0.15) is 11.4 Å². The van der Waals surface area contributed by atoms with Crippen LogP contribution in [0.25, 0.3) is 0 Å². The molecule has 0 fully saturated rings. The molecule has 2 aromatic rings. The molecule has 32 heavy (non-hydrogen) atoms. The Kier molecular flexibility index (Phi) is 5.74. The number of halogens is 1. The van der Waals surface area contributed by atoms with Crippen molar-refractivity contribution >= 4 is 27.6 Å². The fourth-order valence-electron chi connectivity index (χ4n) is 4.39. The second-order valence-corrected chi connectivity index (χ2v) is 10.3. The number of hydrogen-bond donors (Lipinski definition) is 0. The lowest BCUT2D eigenvalue weighted by atomic mass is 9.81. The van der Waals surface area contributed by atoms with Crippen LogP contribution < -0.4 is 14.2 Å². The Morgan fingerprint density at radius 2 is 1.88 bits per heavy atom. The molecule has 0 radical (unpaired) electrons. The van der Waals surface area contributed by atoms with Crippen LogP contribution in [0, 0.1) is 0 Å². The molecule has 0 atom stereocenters. The molecule has 170 valence electrons. The molecule has 4 rings (SSSR count). The van der Waals surface area contributed by atoms with Gasteiger partial charge in [0.05, 0.1) is 29.9 Å². The molecule has 2 heterocycles. The molecule has 0 N–H and O–H groups in total. The number of hydrogen-bond acceptors (Lipinski definition) is 6. The van der Waals surface area contributed by atoms with Crippen LogP contribution in [0.15, 0.2) is 33.7 Å². The van der Waals surface area contributed by atoms with E-state index in [1.165, 1.54) is 12.7 Å². The van der Waals surface area contributed by atoms with Crippen molar-refractivity contribution in [2.75, 3.05) is 20.8 Å². The summed E-state index contributed by atoms with van der Waals surface area (Å²) in [5, 5.41) is 0. The van der Waals surface area contributed by atoms with Crippen molar-refractivity contribution in [1.29, 1.82) is 0 Å². The van der Waals surface area contributed by atoms with Crippen molar-refractivity contribution in [2.45, 2.75) is 51.7 Å². The highest BCUT2D eigenvalue weighted by Gasteiger charge is 2.39. The third kappa shape index (κ3) is 4.22. The van der Waals surface area contributed by atoms with Crippen LogP contribution in [-0.4, -0.2) is 43.6 Å². The zero-order valence-corrected chi connectivity index (χ0v) is 20.9. The van der Waals surface area contributed by atoms with Crippen LogP contribution in [0.5, 0.6) is 17.2 Å². The van der Waals surface area contributed by atoms with Crippen LogP contribution >= 0.6 is 15.9 Å². The van der Waals surface area contributed by atoms with E-state index in [0.29, 0.717) is 5.75 Å².